The zero-order valence-corrected chi connectivity index (χ0v) is 14.8. The van der Waals surface area contributed by atoms with E-state index < -0.39 is 11.6 Å². The zero-order valence-electron chi connectivity index (χ0n) is 14.0. The number of thiazole rings is 1. The number of aromatic nitrogens is 1. The number of ether oxygens (including phenoxy) is 2. The van der Waals surface area contributed by atoms with Gasteiger partial charge in [-0.25, -0.2) is 13.8 Å². The van der Waals surface area contributed by atoms with Gasteiger partial charge in [0.25, 0.3) is 5.91 Å². The van der Waals surface area contributed by atoms with E-state index in [4.69, 9.17) is 9.47 Å². The molecule has 0 atom stereocenters. The molecule has 1 aliphatic rings. The lowest BCUT2D eigenvalue weighted by Crippen LogP contribution is -2.25. The summed E-state index contributed by atoms with van der Waals surface area (Å²) in [5.74, 6) is -0.386. The van der Waals surface area contributed by atoms with Gasteiger partial charge in [0.05, 0.1) is 11.3 Å². The molecule has 138 valence electrons. The van der Waals surface area contributed by atoms with Crippen LogP contribution in [-0.2, 0) is 6.42 Å². The Morgan fingerprint density at radius 3 is 2.74 bits per heavy atom. The zero-order chi connectivity index (χ0) is 18.8. The van der Waals surface area contributed by atoms with E-state index in [0.717, 1.165) is 0 Å². The minimum Gasteiger partial charge on any atom is -0.454 e. The quantitative estimate of drug-likeness (QED) is 0.723. The molecular weight excluding hydrogens is 374 g/mol. The van der Waals surface area contributed by atoms with Gasteiger partial charge in [-0.15, -0.1) is 11.3 Å². The Balaban J connectivity index is 1.37. The van der Waals surface area contributed by atoms with Crippen molar-refractivity contribution >= 4 is 17.2 Å². The molecule has 1 amide bonds. The van der Waals surface area contributed by atoms with Crippen molar-refractivity contribution in [3.05, 3.63) is 64.7 Å². The van der Waals surface area contributed by atoms with Crippen molar-refractivity contribution in [2.75, 3.05) is 13.3 Å². The largest absolute Gasteiger partial charge is 0.454 e. The lowest BCUT2D eigenvalue weighted by molar-refractivity contribution is 0.0953. The molecule has 0 saturated heterocycles. The van der Waals surface area contributed by atoms with Crippen LogP contribution in [0.3, 0.4) is 0 Å². The van der Waals surface area contributed by atoms with Crippen LogP contribution in [0.15, 0.2) is 41.8 Å². The number of fused-ring (bicyclic) bond motifs is 1. The highest BCUT2D eigenvalue weighted by molar-refractivity contribution is 7.13. The minimum absolute atomic E-state index is 0.127. The van der Waals surface area contributed by atoms with Gasteiger partial charge in [0.2, 0.25) is 6.79 Å². The normalized spacial score (nSPS) is 12.2. The van der Waals surface area contributed by atoms with Crippen LogP contribution in [0, 0.1) is 11.6 Å². The number of benzene rings is 2. The molecule has 27 heavy (non-hydrogen) atoms. The van der Waals surface area contributed by atoms with Gasteiger partial charge < -0.3 is 14.8 Å². The van der Waals surface area contributed by atoms with Crippen LogP contribution < -0.4 is 14.8 Å². The van der Waals surface area contributed by atoms with Crippen molar-refractivity contribution in [2.45, 2.75) is 6.42 Å². The number of nitrogens with one attached hydrogen (secondary N) is 1. The molecule has 2 aromatic carbocycles. The van der Waals surface area contributed by atoms with Crippen molar-refractivity contribution in [3.63, 3.8) is 0 Å². The molecule has 1 N–H and O–H groups in total. The maximum absolute atomic E-state index is 13.8. The average Bonchev–Trinajstić information content (AvgIpc) is 3.30. The molecular formula is C19H14F2N2O3S. The van der Waals surface area contributed by atoms with Crippen LogP contribution >= 0.6 is 11.3 Å². The summed E-state index contributed by atoms with van der Waals surface area (Å²) in [6, 6.07) is 8.68. The molecule has 0 aliphatic carbocycles. The molecule has 0 unspecified atom stereocenters. The fourth-order valence-corrected chi connectivity index (χ4v) is 3.58. The number of halogens is 2. The second kappa shape index (κ2) is 7.32. The first kappa shape index (κ1) is 17.4. The van der Waals surface area contributed by atoms with Crippen LogP contribution in [-0.4, -0.2) is 24.2 Å². The Hall–Kier alpha value is -3.00. The second-order valence-electron chi connectivity index (χ2n) is 5.81. The first-order chi connectivity index (χ1) is 13.1. The van der Waals surface area contributed by atoms with E-state index >= 15 is 0 Å². The molecule has 4 rings (SSSR count). The summed E-state index contributed by atoms with van der Waals surface area (Å²) >= 11 is 1.17. The van der Waals surface area contributed by atoms with Gasteiger partial charge in [-0.05, 0) is 30.3 Å². The molecule has 8 heteroatoms. The number of hydrogen-bond acceptors (Lipinski definition) is 5. The lowest BCUT2D eigenvalue weighted by atomic mass is 10.2. The highest BCUT2D eigenvalue weighted by atomic mass is 32.1. The number of rotatable bonds is 5. The lowest BCUT2D eigenvalue weighted by Gasteiger charge is -2.05. The van der Waals surface area contributed by atoms with Gasteiger partial charge in [-0.3, -0.25) is 4.79 Å². The summed E-state index contributed by atoms with van der Waals surface area (Å²) in [6.07, 6.45) is 0.447. The summed E-state index contributed by atoms with van der Waals surface area (Å²) in [6.45, 7) is 0.491. The van der Waals surface area contributed by atoms with Crippen LogP contribution in [0.2, 0.25) is 0 Å². The van der Waals surface area contributed by atoms with E-state index in [1.165, 1.54) is 29.5 Å². The van der Waals surface area contributed by atoms with Gasteiger partial charge >= 0.3 is 0 Å². The van der Waals surface area contributed by atoms with E-state index in [0.29, 0.717) is 35.7 Å². The van der Waals surface area contributed by atoms with Crippen LogP contribution in [0.25, 0.3) is 10.6 Å². The highest BCUT2D eigenvalue weighted by Crippen LogP contribution is 2.32. The Labute approximate surface area is 157 Å². The van der Waals surface area contributed by atoms with Crippen LogP contribution in [0.1, 0.15) is 16.1 Å². The van der Waals surface area contributed by atoms with Crippen LogP contribution in [0.5, 0.6) is 11.5 Å². The van der Waals surface area contributed by atoms with E-state index in [2.05, 4.69) is 10.3 Å². The third-order valence-electron chi connectivity index (χ3n) is 4.03. The third-order valence-corrected chi connectivity index (χ3v) is 4.94. The van der Waals surface area contributed by atoms with E-state index in [-0.39, 0.29) is 23.3 Å². The first-order valence-corrected chi connectivity index (χ1v) is 9.06. The molecule has 1 aromatic heterocycles. The monoisotopic (exact) mass is 388 g/mol. The van der Waals surface area contributed by atoms with Gasteiger partial charge in [0, 0.05) is 23.9 Å². The van der Waals surface area contributed by atoms with Crippen molar-refractivity contribution < 1.29 is 23.0 Å². The van der Waals surface area contributed by atoms with Crippen molar-refractivity contribution in [1.82, 2.24) is 10.3 Å². The molecule has 3 aromatic rings. The number of carbonyl (C=O) groups excluding carboxylic acids is 1. The van der Waals surface area contributed by atoms with Crippen LogP contribution in [0.4, 0.5) is 8.78 Å². The molecule has 5 nitrogen and oxygen atoms in total. The molecule has 0 radical (unpaired) electrons. The fraction of sp³-hybridized carbons (Fsp3) is 0.158. The second-order valence-corrected chi connectivity index (χ2v) is 6.67. The van der Waals surface area contributed by atoms with E-state index in [1.54, 1.807) is 23.6 Å². The molecule has 0 saturated carbocycles. The smallest absolute Gasteiger partial charge is 0.251 e. The highest BCUT2D eigenvalue weighted by Gasteiger charge is 2.17. The SMILES string of the molecule is O=C(NCCc1csc(-c2c(F)cccc2F)n1)c1ccc2c(c1)OCO2. The third kappa shape index (κ3) is 3.61. The van der Waals surface area contributed by atoms with Gasteiger partial charge in [0.15, 0.2) is 11.5 Å². The Bertz CT molecular complexity index is 986. The molecule has 0 bridgehead atoms. The van der Waals surface area contributed by atoms with Crippen molar-refractivity contribution in [2.24, 2.45) is 0 Å². The summed E-state index contributed by atoms with van der Waals surface area (Å²) in [5, 5.41) is 4.80. The average molecular weight is 388 g/mol. The number of hydrogen-bond donors (Lipinski definition) is 1. The van der Waals surface area contributed by atoms with Crippen molar-refractivity contribution in [3.8, 4) is 22.1 Å². The Kier molecular flexibility index (Phi) is 4.72. The molecule has 1 aliphatic heterocycles. The number of carbonyl (C=O) groups is 1. The summed E-state index contributed by atoms with van der Waals surface area (Å²) in [5.41, 5.74) is 0.994. The summed E-state index contributed by atoms with van der Waals surface area (Å²) in [7, 11) is 0. The summed E-state index contributed by atoms with van der Waals surface area (Å²) < 4.78 is 38.1. The maximum atomic E-state index is 13.8. The van der Waals surface area contributed by atoms with Gasteiger partial charge in [-0.2, -0.15) is 0 Å². The molecule has 0 spiro atoms. The Morgan fingerprint density at radius 1 is 1.15 bits per heavy atom. The molecule has 2 heterocycles. The standard InChI is InChI=1S/C19H14F2N2O3S/c20-13-2-1-3-14(21)17(13)19-23-12(9-27-19)6-7-22-18(24)11-4-5-15-16(8-11)26-10-25-15/h1-5,8-9H,6-7,10H2,(H,22,24). The molecule has 0 fully saturated rings. The fourth-order valence-electron chi connectivity index (χ4n) is 2.68. The predicted molar refractivity (Wildman–Crippen MR) is 96.1 cm³/mol. The van der Waals surface area contributed by atoms with Crippen molar-refractivity contribution in [1.29, 1.82) is 0 Å². The topological polar surface area (TPSA) is 60.5 Å². The van der Waals surface area contributed by atoms with E-state index in [1.807, 2.05) is 0 Å². The van der Waals surface area contributed by atoms with Gasteiger partial charge in [-0.1, -0.05) is 6.07 Å². The number of amides is 1. The number of nitrogens with zero attached hydrogens (tertiary/aromatic N) is 1. The Morgan fingerprint density at radius 2 is 1.93 bits per heavy atom. The van der Waals surface area contributed by atoms with Gasteiger partial charge in [0.1, 0.15) is 16.6 Å². The van der Waals surface area contributed by atoms with E-state index in [9.17, 15) is 13.6 Å². The predicted octanol–water partition coefficient (Wildman–Crippen LogP) is 3.79. The summed E-state index contributed by atoms with van der Waals surface area (Å²) in [4.78, 5) is 16.5. The maximum Gasteiger partial charge on any atom is 0.251 e. The first-order valence-electron chi connectivity index (χ1n) is 8.18. The minimum atomic E-state index is -0.646.